The summed E-state index contributed by atoms with van der Waals surface area (Å²) in [5.74, 6) is 1.32. The summed E-state index contributed by atoms with van der Waals surface area (Å²) in [7, 11) is -3.35. The number of hydrogen-bond acceptors (Lipinski definition) is 19. The molecule has 748 valence electrons. The molecule has 6 N–H and O–H groups in total. The molecule has 0 atom stereocenters. The molecule has 0 radical (unpaired) electrons. The number of rotatable bonds is 17. The van der Waals surface area contributed by atoms with Crippen LogP contribution in [-0.4, -0.2) is 138 Å². The monoisotopic (exact) mass is 2460 g/mol. The van der Waals surface area contributed by atoms with Crippen molar-refractivity contribution in [2.45, 2.75) is 89.5 Å². The van der Waals surface area contributed by atoms with E-state index in [1.165, 1.54) is 69.7 Å². The van der Waals surface area contributed by atoms with Crippen molar-refractivity contribution in [3.05, 3.63) is 426 Å². The third-order valence-corrected chi connectivity index (χ3v) is 34.5. The maximum absolute atomic E-state index is 12.5. The molecule has 0 unspecified atom stereocenters. The quantitative estimate of drug-likeness (QED) is 0.0217. The van der Waals surface area contributed by atoms with E-state index in [1.807, 2.05) is 41.5 Å². The van der Waals surface area contributed by atoms with E-state index in [1.54, 1.807) is 40.1 Å². The van der Waals surface area contributed by atoms with Crippen LogP contribution >= 0.6 is 89.7 Å². The van der Waals surface area contributed by atoms with Crippen LogP contribution in [0.2, 0.25) is 25.2 Å². The Bertz CT molecular complexity index is 5870. The van der Waals surface area contributed by atoms with Crippen molar-refractivity contribution in [1.82, 2.24) is 40.2 Å². The van der Waals surface area contributed by atoms with Crippen LogP contribution in [0.4, 0.5) is 33.1 Å². The van der Waals surface area contributed by atoms with Gasteiger partial charge in [-0.2, -0.15) is 9.97 Å². The second-order valence-electron chi connectivity index (χ2n) is 35.4. The summed E-state index contributed by atoms with van der Waals surface area (Å²) in [4.78, 5) is 52.4. The molecule has 2 aromatic heterocycles. The molecule has 2 saturated heterocycles. The summed E-state index contributed by atoms with van der Waals surface area (Å²) >= 11 is 29.4. The van der Waals surface area contributed by atoms with Gasteiger partial charge in [-0.15, -0.1) is 20.4 Å². The summed E-state index contributed by atoms with van der Waals surface area (Å²) in [6.07, 6.45) is 3.25. The normalized spacial score (nSPS) is 13.1. The molecular weight excluding hydrogens is 2350 g/mol. The molecule has 0 bridgehead atoms. The van der Waals surface area contributed by atoms with Gasteiger partial charge < -0.3 is 62.2 Å². The molecule has 2 saturated carbocycles. The van der Waals surface area contributed by atoms with Gasteiger partial charge in [0.15, 0.2) is 16.8 Å². The molecule has 4 aliphatic rings. The maximum atomic E-state index is 12.5. The number of carbonyl (C=O) groups is 3. The Morgan fingerprint density at radius 1 is 0.367 bits per heavy atom. The summed E-state index contributed by atoms with van der Waals surface area (Å²) in [6, 6.07) is 139. The van der Waals surface area contributed by atoms with Gasteiger partial charge in [0.05, 0.1) is 31.2 Å². The Labute approximate surface area is 1020 Å². The van der Waals surface area contributed by atoms with Crippen LogP contribution in [-0.2, 0) is 39.6 Å². The Morgan fingerprint density at radius 2 is 0.605 bits per heavy atom. The maximum Gasteiger partial charge on any atom is 1.00 e. The number of nitrogens with zero attached hydrogens (tertiary/aromatic N) is 10. The van der Waals surface area contributed by atoms with Gasteiger partial charge in [0.25, 0.3) is 6.47 Å². The van der Waals surface area contributed by atoms with Crippen molar-refractivity contribution in [2.75, 3.05) is 60.5 Å². The molecule has 2 amide bonds. The number of anilines is 4. The van der Waals surface area contributed by atoms with Gasteiger partial charge in [-0.1, -0.05) is 446 Å². The zero-order chi connectivity index (χ0) is 102. The standard InChI is InChI=1S/C20H24Cl2N6O2.4C18H15P.C14H21ClN6O2.C6H5BCl2O2.CH2O3.2Cs.Pd.H/c1-19(2,3)30-18(29)27-9-10-28(20(11-27)7-8-20)17-24-16(23)15(25-26-17)12-5-4-6-13(21)14(12)22;4*1-4-10-16(11-5-1)19(17-12-6-2-7-13-17)18-14-8-3-9-15-18;1-13(2,3)23-12(22)20-6-7-21(14(8-20)4-5-14)11-17-10(16)9(15)18-19-11;8-5-3-1-2-4(6(5)9)7(10)11;2-1-4-3;;;;/h4-6H,7-11H2,1-3H3,(H2,23,24,26);4*1-15H;4-8H2,1-3H3,(H2,16,17,19);1-3,10-11H;1,3H;;;;/q;;;;;;;;2*+1;;-1/p-1. The smallest absolute Gasteiger partial charge is 1.00 e. The van der Waals surface area contributed by atoms with Crippen LogP contribution in [0, 0.1) is 0 Å². The van der Waals surface area contributed by atoms with Gasteiger partial charge >= 0.3 is 157 Å². The van der Waals surface area contributed by atoms with Gasteiger partial charge in [-0.05, 0) is 175 Å². The van der Waals surface area contributed by atoms with Crippen LogP contribution in [0.5, 0.6) is 0 Å². The predicted octanol–water partition coefficient (Wildman–Crippen LogP) is 12.7. The average molecular weight is 2470 g/mol. The van der Waals surface area contributed by atoms with E-state index >= 15 is 0 Å². The second-order valence-corrected chi connectivity index (χ2v) is 46.2. The number of ether oxygens (including phenoxy) is 2. The summed E-state index contributed by atoms with van der Waals surface area (Å²) in [5, 5.41) is 60.6. The fraction of sp³-hybridized carbons (Fsp3) is 0.177. The molecule has 147 heavy (non-hydrogen) atoms. The molecular formula is C113H112BCl5Cs2N12O9P4Pd. The van der Waals surface area contributed by atoms with E-state index in [2.05, 4.69) is 409 Å². The molecule has 4 heterocycles. The summed E-state index contributed by atoms with van der Waals surface area (Å²) in [6.45, 7) is 14.4. The molecule has 34 heteroatoms. The first-order chi connectivity index (χ1) is 69.6. The van der Waals surface area contributed by atoms with Gasteiger partial charge in [0, 0.05) is 70.7 Å². The second kappa shape index (κ2) is 60.6. The average Bonchev–Trinajstić information content (AvgIpc) is 1.59. The largest absolute Gasteiger partial charge is 1.00 e. The van der Waals surface area contributed by atoms with Gasteiger partial charge in [-0.3, -0.25) is 4.79 Å². The minimum absolute atomic E-state index is 0. The zero-order valence-corrected chi connectivity index (χ0v) is 104. The first kappa shape index (κ1) is 121. The topological polar surface area (TPSA) is 285 Å². The Kier molecular flexibility index (Phi) is 49.9. The molecule has 14 aromatic carbocycles. The number of nitrogens with two attached hydrogens (primary N) is 2. The van der Waals surface area contributed by atoms with Crippen LogP contribution in [0.3, 0.4) is 0 Å². The van der Waals surface area contributed by atoms with Crippen molar-refractivity contribution in [3.63, 3.8) is 0 Å². The number of nitrogen functional groups attached to an aromatic ring is 2. The molecule has 2 aliphatic heterocycles. The zero-order valence-electron chi connectivity index (χ0n) is 83.7. The number of halogens is 5. The number of amides is 2. The van der Waals surface area contributed by atoms with E-state index in [0.29, 0.717) is 77.5 Å². The number of carbonyl (C=O) groups excluding carboxylic acids is 3. The fourth-order valence-corrected chi connectivity index (χ4v) is 26.0. The molecule has 21 nitrogen and oxygen atoms in total. The Balaban J connectivity index is 0.000000192. The molecule has 2 aliphatic carbocycles. The molecule has 4 fully saturated rings. The third kappa shape index (κ3) is 35.9. The van der Waals surface area contributed by atoms with E-state index in [0.717, 1.165) is 25.7 Å². The summed E-state index contributed by atoms with van der Waals surface area (Å²) in [5.41, 5.74) is 11.8. The van der Waals surface area contributed by atoms with Crippen molar-refractivity contribution >= 4 is 208 Å². The Hall–Kier alpha value is -7.81. The fourth-order valence-electron chi connectivity index (χ4n) is 15.9. The van der Waals surface area contributed by atoms with Gasteiger partial charge in [-0.25, -0.2) is 9.59 Å². The number of piperazine rings is 2. The predicted molar refractivity (Wildman–Crippen MR) is 598 cm³/mol. The van der Waals surface area contributed by atoms with Crippen molar-refractivity contribution in [3.8, 4) is 11.3 Å². The molecule has 2 spiro atoms. The van der Waals surface area contributed by atoms with Crippen molar-refractivity contribution < 1.29 is 204 Å². The van der Waals surface area contributed by atoms with Crippen molar-refractivity contribution in [2.24, 2.45) is 0 Å². The first-order valence-electron chi connectivity index (χ1n) is 46.6. The van der Waals surface area contributed by atoms with E-state index in [-0.39, 0.29) is 217 Å². The SMILES string of the molecule is CC(C)(C)OC(=O)N1CCN(c2nnc(-c3cccc(Cl)c3Cl)c(N)n2)C2(CC2)C1.CC(C)(C)OC(=O)N1CCN(c2nnc(Cl)c(N)n2)C2(CC2)C1.O=CO[O-].OB(O)c1cccc(Cl)c1Cl.[Cs+].[Cs+].[H-].[Pd].c1ccc(P(c2ccccc2)c2ccccc2)cc1.c1ccc(P(c2ccccc2)c2ccccc2)cc1.c1ccc(P(c2ccccc2)c2ccccc2)cc1.c1ccc(P(c2ccccc2)c2ccccc2)cc1. The van der Waals surface area contributed by atoms with Crippen LogP contribution in [0.25, 0.3) is 11.3 Å². The molecule has 20 rings (SSSR count). The molecule has 16 aromatic rings. The van der Waals surface area contributed by atoms with E-state index in [4.69, 9.17) is 99.0 Å². The minimum atomic E-state index is -1.57. The number of aromatic nitrogens is 6. The van der Waals surface area contributed by atoms with Crippen LogP contribution in [0.1, 0.15) is 68.7 Å². The van der Waals surface area contributed by atoms with E-state index < -0.39 is 50.0 Å². The van der Waals surface area contributed by atoms with Crippen LogP contribution in [0.15, 0.2) is 400 Å². The Morgan fingerprint density at radius 3 is 0.823 bits per heavy atom. The van der Waals surface area contributed by atoms with Gasteiger partial charge in [0.1, 0.15) is 16.9 Å². The summed E-state index contributed by atoms with van der Waals surface area (Å²) < 4.78 is 11.0. The first-order valence-corrected chi connectivity index (χ1v) is 53.8. The van der Waals surface area contributed by atoms with Gasteiger partial charge in [0.2, 0.25) is 11.9 Å². The van der Waals surface area contributed by atoms with Crippen LogP contribution < -0.4 is 233 Å². The number of benzene rings is 14. The third-order valence-electron chi connectivity index (χ3n) is 22.8. The van der Waals surface area contributed by atoms with Crippen molar-refractivity contribution in [1.29, 1.82) is 0 Å². The van der Waals surface area contributed by atoms with E-state index in [9.17, 15) is 9.59 Å². The minimum Gasteiger partial charge on any atom is -1.00 e. The number of hydrogen-bond donors (Lipinski definition) is 4.